The normalized spacial score (nSPS) is 8.71. The van der Waals surface area contributed by atoms with E-state index in [2.05, 4.69) is 0 Å². The van der Waals surface area contributed by atoms with Gasteiger partial charge in [0.1, 0.15) is 13.1 Å². The molecule has 0 unspecified atom stereocenters. The lowest BCUT2D eigenvalue weighted by molar-refractivity contribution is 0.967. The topological polar surface area (TPSA) is 76.8 Å². The monoisotopic (exact) mass is 186 g/mol. The minimum atomic E-state index is 0.191. The molecule has 0 aliphatic heterocycles. The lowest BCUT2D eigenvalue weighted by Crippen LogP contribution is -2.23. The summed E-state index contributed by atoms with van der Waals surface area (Å²) in [5.41, 5.74) is 7.02. The maximum atomic E-state index is 8.56. The molecular formula is C10H10N4. The second-order valence-electron chi connectivity index (χ2n) is 2.77. The Bertz CT molecular complexity index is 370. The average Bonchev–Trinajstić information content (AvgIpc) is 2.17. The molecule has 0 aliphatic carbocycles. The quantitative estimate of drug-likeness (QED) is 0.567. The first-order valence-electron chi connectivity index (χ1n) is 4.12. The molecule has 0 heterocycles. The van der Waals surface area contributed by atoms with E-state index in [9.17, 15) is 0 Å². The van der Waals surface area contributed by atoms with Crippen molar-refractivity contribution in [2.75, 3.05) is 23.7 Å². The highest BCUT2D eigenvalue weighted by molar-refractivity contribution is 5.56. The van der Waals surface area contributed by atoms with Gasteiger partial charge in [-0.3, -0.25) is 0 Å². The Morgan fingerprint density at radius 2 is 1.86 bits per heavy atom. The summed E-state index contributed by atoms with van der Waals surface area (Å²) in [6.45, 7) is 0.383. The maximum absolute atomic E-state index is 8.56. The third kappa shape index (κ3) is 2.40. The molecule has 0 aliphatic rings. The van der Waals surface area contributed by atoms with E-state index < -0.39 is 0 Å². The number of nitrogens with two attached hydrogens (primary N) is 1. The Kier molecular flexibility index (Phi) is 3.34. The van der Waals surface area contributed by atoms with E-state index in [1.165, 1.54) is 0 Å². The number of hydrogen-bond donors (Lipinski definition) is 1. The van der Waals surface area contributed by atoms with Gasteiger partial charge in [-0.15, -0.1) is 0 Å². The molecular weight excluding hydrogens is 176 g/mol. The van der Waals surface area contributed by atoms with Crippen LogP contribution < -0.4 is 10.6 Å². The lowest BCUT2D eigenvalue weighted by Gasteiger charge is -2.17. The van der Waals surface area contributed by atoms with Gasteiger partial charge in [-0.25, -0.2) is 0 Å². The van der Waals surface area contributed by atoms with Crippen LogP contribution in [-0.2, 0) is 0 Å². The Labute approximate surface area is 82.8 Å². The first kappa shape index (κ1) is 9.88. The van der Waals surface area contributed by atoms with Gasteiger partial charge in [0.25, 0.3) is 0 Å². The summed E-state index contributed by atoms with van der Waals surface area (Å²) >= 11 is 0. The van der Waals surface area contributed by atoms with Crippen molar-refractivity contribution in [1.82, 2.24) is 0 Å². The van der Waals surface area contributed by atoms with E-state index in [4.69, 9.17) is 16.3 Å². The third-order valence-electron chi connectivity index (χ3n) is 1.76. The largest absolute Gasteiger partial charge is 0.399 e. The van der Waals surface area contributed by atoms with Gasteiger partial charge in [0.15, 0.2) is 0 Å². The van der Waals surface area contributed by atoms with Crippen molar-refractivity contribution < 1.29 is 0 Å². The molecule has 14 heavy (non-hydrogen) atoms. The molecule has 0 amide bonds. The summed E-state index contributed by atoms with van der Waals surface area (Å²) in [6, 6.07) is 11.1. The van der Waals surface area contributed by atoms with Crippen LogP contribution in [0.4, 0.5) is 11.4 Å². The van der Waals surface area contributed by atoms with Crippen LogP contribution >= 0.6 is 0 Å². The van der Waals surface area contributed by atoms with Gasteiger partial charge in [0.05, 0.1) is 12.1 Å². The van der Waals surface area contributed by atoms with Crippen molar-refractivity contribution in [3.8, 4) is 12.1 Å². The predicted octanol–water partition coefficient (Wildman–Crippen LogP) is 1.12. The SMILES string of the molecule is N#CCN(CC#N)c1cccc(N)c1. The van der Waals surface area contributed by atoms with Gasteiger partial charge in [-0.2, -0.15) is 10.5 Å². The zero-order valence-corrected chi connectivity index (χ0v) is 7.64. The molecule has 0 aromatic heterocycles. The standard InChI is InChI=1S/C10H10N4/c11-4-6-14(7-5-12)10-3-1-2-9(13)8-10/h1-3,8H,6-7,13H2. The highest BCUT2D eigenvalue weighted by atomic mass is 15.1. The molecule has 1 rings (SSSR count). The Morgan fingerprint density at radius 3 is 2.36 bits per heavy atom. The second-order valence-corrected chi connectivity index (χ2v) is 2.77. The van der Waals surface area contributed by atoms with E-state index >= 15 is 0 Å². The van der Waals surface area contributed by atoms with Crippen molar-refractivity contribution in [2.45, 2.75) is 0 Å². The average molecular weight is 186 g/mol. The minimum absolute atomic E-state index is 0.191. The fraction of sp³-hybridized carbons (Fsp3) is 0.200. The van der Waals surface area contributed by atoms with Crippen LogP contribution in [-0.4, -0.2) is 13.1 Å². The molecule has 0 radical (unpaired) electrons. The zero-order valence-electron chi connectivity index (χ0n) is 7.64. The molecule has 70 valence electrons. The van der Waals surface area contributed by atoms with Crippen LogP contribution in [0.5, 0.6) is 0 Å². The van der Waals surface area contributed by atoms with Crippen LogP contribution in [0.25, 0.3) is 0 Å². The summed E-state index contributed by atoms with van der Waals surface area (Å²) in [4.78, 5) is 1.66. The Balaban J connectivity index is 2.89. The number of benzene rings is 1. The van der Waals surface area contributed by atoms with E-state index in [0.717, 1.165) is 5.69 Å². The number of rotatable bonds is 3. The van der Waals surface area contributed by atoms with Gasteiger partial charge < -0.3 is 10.6 Å². The van der Waals surface area contributed by atoms with Gasteiger partial charge in [-0.05, 0) is 18.2 Å². The van der Waals surface area contributed by atoms with Crippen LogP contribution in [0.2, 0.25) is 0 Å². The Hall–Kier alpha value is -2.20. The summed E-state index contributed by atoms with van der Waals surface area (Å²) in [5.74, 6) is 0. The van der Waals surface area contributed by atoms with Gasteiger partial charge in [0.2, 0.25) is 0 Å². The van der Waals surface area contributed by atoms with Gasteiger partial charge >= 0.3 is 0 Å². The molecule has 0 bridgehead atoms. The van der Waals surface area contributed by atoms with Crippen molar-refractivity contribution in [3.05, 3.63) is 24.3 Å². The molecule has 0 saturated heterocycles. The third-order valence-corrected chi connectivity index (χ3v) is 1.76. The smallest absolute Gasteiger partial charge is 0.106 e. The molecule has 1 aromatic carbocycles. The molecule has 0 fully saturated rings. The first-order valence-corrected chi connectivity index (χ1v) is 4.12. The molecule has 4 heteroatoms. The van der Waals surface area contributed by atoms with Crippen LogP contribution in [0.3, 0.4) is 0 Å². The summed E-state index contributed by atoms with van der Waals surface area (Å²) in [5, 5.41) is 17.1. The van der Waals surface area contributed by atoms with Crippen LogP contribution in [0.15, 0.2) is 24.3 Å². The predicted molar refractivity (Wildman–Crippen MR) is 54.3 cm³/mol. The number of nitrogen functional groups attached to an aromatic ring is 1. The molecule has 0 atom stereocenters. The van der Waals surface area contributed by atoms with Crippen molar-refractivity contribution in [1.29, 1.82) is 10.5 Å². The molecule has 0 spiro atoms. The fourth-order valence-electron chi connectivity index (χ4n) is 1.13. The number of anilines is 2. The highest BCUT2D eigenvalue weighted by Gasteiger charge is 2.04. The van der Waals surface area contributed by atoms with E-state index in [1.807, 2.05) is 18.2 Å². The molecule has 2 N–H and O–H groups in total. The highest BCUT2D eigenvalue weighted by Crippen LogP contribution is 2.16. The summed E-state index contributed by atoms with van der Waals surface area (Å²) in [6.07, 6.45) is 0. The van der Waals surface area contributed by atoms with Crippen LogP contribution in [0.1, 0.15) is 0 Å². The molecule has 0 saturated carbocycles. The lowest BCUT2D eigenvalue weighted by atomic mass is 10.2. The Morgan fingerprint density at radius 1 is 1.21 bits per heavy atom. The van der Waals surface area contributed by atoms with Gasteiger partial charge in [0, 0.05) is 11.4 Å². The molecule has 1 aromatic rings. The van der Waals surface area contributed by atoms with Crippen molar-refractivity contribution in [2.24, 2.45) is 0 Å². The minimum Gasteiger partial charge on any atom is -0.399 e. The van der Waals surface area contributed by atoms with E-state index in [1.54, 1.807) is 23.1 Å². The van der Waals surface area contributed by atoms with E-state index in [-0.39, 0.29) is 13.1 Å². The summed E-state index contributed by atoms with van der Waals surface area (Å²) in [7, 11) is 0. The fourth-order valence-corrected chi connectivity index (χ4v) is 1.13. The molecule has 4 nitrogen and oxygen atoms in total. The first-order chi connectivity index (χ1) is 6.77. The van der Waals surface area contributed by atoms with Crippen molar-refractivity contribution in [3.63, 3.8) is 0 Å². The zero-order chi connectivity index (χ0) is 10.4. The van der Waals surface area contributed by atoms with Crippen LogP contribution in [0, 0.1) is 22.7 Å². The number of nitrogens with zero attached hydrogens (tertiary/aromatic N) is 3. The number of nitriles is 2. The van der Waals surface area contributed by atoms with E-state index in [0.29, 0.717) is 5.69 Å². The number of hydrogen-bond acceptors (Lipinski definition) is 4. The second kappa shape index (κ2) is 4.74. The van der Waals surface area contributed by atoms with Gasteiger partial charge in [-0.1, -0.05) is 6.07 Å². The van der Waals surface area contributed by atoms with Crippen molar-refractivity contribution >= 4 is 11.4 Å². The summed E-state index contributed by atoms with van der Waals surface area (Å²) < 4.78 is 0. The maximum Gasteiger partial charge on any atom is 0.106 e.